The molecule has 0 bridgehead atoms. The van der Waals surface area contributed by atoms with E-state index in [-0.39, 0.29) is 10.8 Å². The summed E-state index contributed by atoms with van der Waals surface area (Å²) >= 11 is 0. The van der Waals surface area contributed by atoms with Crippen molar-refractivity contribution >= 4 is 5.78 Å². The maximum atomic E-state index is 13.7. The van der Waals surface area contributed by atoms with E-state index in [4.69, 9.17) is 0 Å². The second-order valence-corrected chi connectivity index (χ2v) is 12.1. The molecule has 0 unspecified atom stereocenters. The van der Waals surface area contributed by atoms with Crippen LogP contribution in [0, 0.1) is 58.2 Å². The summed E-state index contributed by atoms with van der Waals surface area (Å²) in [6.45, 7) is 14.3. The molecule has 0 saturated heterocycles. The van der Waals surface area contributed by atoms with Crippen LogP contribution < -0.4 is 0 Å². The largest absolute Gasteiger partial charge is 0.299 e. The molecule has 4 aliphatic rings. The molecule has 1 nitrogen and oxygen atoms in total. The number of ketones is 1. The van der Waals surface area contributed by atoms with Crippen molar-refractivity contribution in [1.29, 1.82) is 0 Å². The molecule has 1 heteroatoms. The minimum absolute atomic E-state index is 0.219. The molecule has 0 N–H and O–H groups in total. The highest BCUT2D eigenvalue weighted by Gasteiger charge is 2.62. The first kappa shape index (κ1) is 21.4. The Morgan fingerprint density at radius 3 is 2.45 bits per heavy atom. The van der Waals surface area contributed by atoms with Gasteiger partial charge in [0.25, 0.3) is 0 Å². The Morgan fingerprint density at radius 2 is 1.72 bits per heavy atom. The van der Waals surface area contributed by atoms with E-state index in [0.29, 0.717) is 41.3 Å². The van der Waals surface area contributed by atoms with Gasteiger partial charge in [-0.3, -0.25) is 4.79 Å². The lowest BCUT2D eigenvalue weighted by Crippen LogP contribution is -2.56. The summed E-state index contributed by atoms with van der Waals surface area (Å²) in [4.78, 5) is 13.7. The molecule has 3 saturated carbocycles. The summed E-state index contributed by atoms with van der Waals surface area (Å²) in [5, 5.41) is 0. The predicted molar refractivity (Wildman–Crippen MR) is 122 cm³/mol. The lowest BCUT2D eigenvalue weighted by atomic mass is 9.45. The Balaban J connectivity index is 1.57. The number of Topliss-reactive ketones (excluding diaryl/α,β-unsaturated/α-hetero) is 1. The maximum absolute atomic E-state index is 13.7. The fourth-order valence-electron chi connectivity index (χ4n) is 8.27. The van der Waals surface area contributed by atoms with Crippen molar-refractivity contribution in [3.63, 3.8) is 0 Å². The van der Waals surface area contributed by atoms with Crippen LogP contribution in [0.4, 0.5) is 0 Å². The molecule has 0 heterocycles. The van der Waals surface area contributed by atoms with Gasteiger partial charge in [0, 0.05) is 12.3 Å². The molecule has 0 aromatic carbocycles. The number of allylic oxidation sites excluding steroid dienone is 4. The second kappa shape index (κ2) is 7.69. The molecule has 0 aliphatic heterocycles. The van der Waals surface area contributed by atoms with Gasteiger partial charge >= 0.3 is 0 Å². The average molecular weight is 397 g/mol. The van der Waals surface area contributed by atoms with Gasteiger partial charge in [0.15, 0.2) is 0 Å². The van der Waals surface area contributed by atoms with Gasteiger partial charge in [-0.05, 0) is 90.8 Å². The van der Waals surface area contributed by atoms with Gasteiger partial charge in [-0.15, -0.1) is 0 Å². The molecule has 162 valence electrons. The summed E-state index contributed by atoms with van der Waals surface area (Å²) in [5.74, 6) is 5.67. The van der Waals surface area contributed by atoms with Crippen molar-refractivity contribution < 1.29 is 4.79 Å². The van der Waals surface area contributed by atoms with Crippen LogP contribution in [-0.2, 0) is 4.79 Å². The van der Waals surface area contributed by atoms with Gasteiger partial charge in [0.2, 0.25) is 0 Å². The zero-order valence-corrected chi connectivity index (χ0v) is 19.8. The first-order chi connectivity index (χ1) is 13.7. The van der Waals surface area contributed by atoms with E-state index >= 15 is 0 Å². The molecule has 9 atom stereocenters. The van der Waals surface area contributed by atoms with Crippen LogP contribution in [-0.4, -0.2) is 5.78 Å². The Labute approximate surface area is 179 Å². The van der Waals surface area contributed by atoms with Crippen molar-refractivity contribution in [3.05, 3.63) is 24.3 Å². The molecule has 4 rings (SSSR count). The smallest absolute Gasteiger partial charge is 0.137 e. The summed E-state index contributed by atoms with van der Waals surface area (Å²) in [6, 6.07) is 0. The number of rotatable bonds is 4. The van der Waals surface area contributed by atoms with Gasteiger partial charge in [-0.2, -0.15) is 0 Å². The van der Waals surface area contributed by atoms with Crippen LogP contribution in [0.15, 0.2) is 24.3 Å². The maximum Gasteiger partial charge on any atom is 0.137 e. The van der Waals surface area contributed by atoms with E-state index < -0.39 is 0 Å². The van der Waals surface area contributed by atoms with Gasteiger partial charge < -0.3 is 0 Å². The van der Waals surface area contributed by atoms with Crippen molar-refractivity contribution in [3.8, 4) is 0 Å². The highest BCUT2D eigenvalue weighted by Crippen LogP contribution is 2.66. The first-order valence-corrected chi connectivity index (χ1v) is 12.5. The van der Waals surface area contributed by atoms with Crippen molar-refractivity contribution in [2.75, 3.05) is 0 Å². The van der Waals surface area contributed by atoms with E-state index in [1.165, 1.54) is 32.1 Å². The fraction of sp³-hybridized carbons (Fsp3) is 0.821. The van der Waals surface area contributed by atoms with Crippen molar-refractivity contribution in [2.45, 2.75) is 86.5 Å². The summed E-state index contributed by atoms with van der Waals surface area (Å²) in [5.41, 5.74) is 0.448. The Hall–Kier alpha value is -0.850. The lowest BCUT2D eigenvalue weighted by Gasteiger charge is -2.59. The number of carbonyl (C=O) groups excluding carboxylic acids is 1. The third-order valence-corrected chi connectivity index (χ3v) is 10.4. The molecule has 0 spiro atoms. The molecule has 3 fully saturated rings. The Kier molecular flexibility index (Phi) is 5.67. The SMILES string of the molecule is CC(C)[C@@H](C)/C=C/[C@@H](C)[C@H]1CC[C@@H]2[C@H]3CC[C@H]4CC=CC[C@]4(C)[C@@H]3C(=O)C[C@@]21C. The van der Waals surface area contributed by atoms with Crippen molar-refractivity contribution in [1.82, 2.24) is 0 Å². The molecule has 29 heavy (non-hydrogen) atoms. The average Bonchev–Trinajstić information content (AvgIpc) is 3.01. The summed E-state index contributed by atoms with van der Waals surface area (Å²) in [7, 11) is 0. The highest BCUT2D eigenvalue weighted by molar-refractivity contribution is 5.84. The summed E-state index contributed by atoms with van der Waals surface area (Å²) < 4.78 is 0. The standard InChI is InChI=1S/C28H44O/c1-18(2)19(3)10-11-20(4)23-14-15-24-22-13-12-21-9-7-8-16-27(21,5)26(22)25(29)17-28(23,24)6/h7-8,10-11,18-24,26H,9,12-17H2,1-6H3/b11-10+/t19-,20+,21+,22+,23+,24+,26-,27-,28+/m0/s1. The number of hydrogen-bond donors (Lipinski definition) is 0. The first-order valence-electron chi connectivity index (χ1n) is 12.5. The number of fused-ring (bicyclic) bond motifs is 5. The molecule has 4 aliphatic carbocycles. The quantitative estimate of drug-likeness (QED) is 0.450. The zero-order valence-electron chi connectivity index (χ0n) is 19.8. The van der Waals surface area contributed by atoms with Crippen molar-refractivity contribution in [2.24, 2.45) is 58.2 Å². The second-order valence-electron chi connectivity index (χ2n) is 12.1. The Morgan fingerprint density at radius 1 is 0.966 bits per heavy atom. The number of carbonyl (C=O) groups is 1. The fourth-order valence-corrected chi connectivity index (χ4v) is 8.27. The van der Waals surface area contributed by atoms with Crippen LogP contribution in [0.5, 0.6) is 0 Å². The minimum Gasteiger partial charge on any atom is -0.299 e. The van der Waals surface area contributed by atoms with E-state index in [2.05, 4.69) is 65.8 Å². The minimum atomic E-state index is 0.219. The monoisotopic (exact) mass is 396 g/mol. The van der Waals surface area contributed by atoms with E-state index in [1.807, 2.05) is 0 Å². The van der Waals surface area contributed by atoms with E-state index in [0.717, 1.165) is 24.7 Å². The zero-order chi connectivity index (χ0) is 21.0. The molecule has 0 aromatic rings. The van der Waals surface area contributed by atoms with Crippen LogP contribution in [0.2, 0.25) is 0 Å². The van der Waals surface area contributed by atoms with Crippen LogP contribution in [0.1, 0.15) is 86.5 Å². The normalized spacial score (nSPS) is 46.4. The van der Waals surface area contributed by atoms with Gasteiger partial charge in [0.05, 0.1) is 0 Å². The van der Waals surface area contributed by atoms with E-state index in [1.54, 1.807) is 0 Å². The summed E-state index contributed by atoms with van der Waals surface area (Å²) in [6.07, 6.45) is 18.2. The Bertz CT molecular complexity index is 686. The third-order valence-electron chi connectivity index (χ3n) is 10.4. The van der Waals surface area contributed by atoms with Crippen LogP contribution >= 0.6 is 0 Å². The molecule has 0 amide bonds. The molecule has 0 radical (unpaired) electrons. The third kappa shape index (κ3) is 3.39. The molecule has 0 aromatic heterocycles. The van der Waals surface area contributed by atoms with Gasteiger partial charge in [0.1, 0.15) is 5.78 Å². The van der Waals surface area contributed by atoms with Gasteiger partial charge in [-0.25, -0.2) is 0 Å². The predicted octanol–water partition coefficient (Wildman–Crippen LogP) is 7.47. The highest BCUT2D eigenvalue weighted by atomic mass is 16.1. The topological polar surface area (TPSA) is 17.1 Å². The van der Waals surface area contributed by atoms with Crippen LogP contribution in [0.25, 0.3) is 0 Å². The number of hydrogen-bond acceptors (Lipinski definition) is 1. The molecular formula is C28H44O. The van der Waals surface area contributed by atoms with Gasteiger partial charge in [-0.1, -0.05) is 65.8 Å². The van der Waals surface area contributed by atoms with E-state index in [9.17, 15) is 4.79 Å². The lowest BCUT2D eigenvalue weighted by molar-refractivity contribution is -0.154. The molecular weight excluding hydrogens is 352 g/mol. The van der Waals surface area contributed by atoms with Crippen LogP contribution in [0.3, 0.4) is 0 Å².